The summed E-state index contributed by atoms with van der Waals surface area (Å²) < 4.78 is 0. The number of nitrogens with zero attached hydrogens (tertiary/aromatic N) is 1. The number of rotatable bonds is 4. The zero-order valence-electron chi connectivity index (χ0n) is 17.9. The number of hydrogen-bond acceptors (Lipinski definition) is 4. The highest BCUT2D eigenvalue weighted by molar-refractivity contribution is 6.32. The summed E-state index contributed by atoms with van der Waals surface area (Å²) in [6.45, 7) is 4.78. The van der Waals surface area contributed by atoms with Gasteiger partial charge in [0.15, 0.2) is 0 Å². The highest BCUT2D eigenvalue weighted by atomic mass is 35.5. The molecule has 0 fully saturated rings. The Morgan fingerprint density at radius 2 is 1.91 bits per heavy atom. The average molecular weight is 445 g/mol. The Labute approximate surface area is 192 Å². The summed E-state index contributed by atoms with van der Waals surface area (Å²) in [5.74, 6) is -0.112. The molecule has 32 heavy (non-hydrogen) atoms. The molecule has 6 heteroatoms. The van der Waals surface area contributed by atoms with Gasteiger partial charge in [-0.05, 0) is 72.5 Å². The van der Waals surface area contributed by atoms with E-state index in [4.69, 9.17) is 17.3 Å². The van der Waals surface area contributed by atoms with Gasteiger partial charge in [-0.1, -0.05) is 29.8 Å². The monoisotopic (exact) mass is 444 g/mol. The zero-order chi connectivity index (χ0) is 22.2. The van der Waals surface area contributed by atoms with E-state index in [1.165, 1.54) is 16.7 Å². The zero-order valence-corrected chi connectivity index (χ0v) is 18.7. The third kappa shape index (κ3) is 4.09. The van der Waals surface area contributed by atoms with Crippen molar-refractivity contribution in [3.8, 4) is 0 Å². The summed E-state index contributed by atoms with van der Waals surface area (Å²) in [5.41, 5.74) is 14.5. The number of fused-ring (bicyclic) bond motifs is 2. The Kier molecular flexibility index (Phi) is 5.37. The Bertz CT molecular complexity index is 1230. The van der Waals surface area contributed by atoms with Crippen LogP contribution in [0.2, 0.25) is 5.02 Å². The lowest BCUT2D eigenvalue weighted by atomic mass is 9.99. The fourth-order valence-corrected chi connectivity index (χ4v) is 4.70. The van der Waals surface area contributed by atoms with E-state index in [-0.39, 0.29) is 5.91 Å². The predicted molar refractivity (Wildman–Crippen MR) is 131 cm³/mol. The highest BCUT2D eigenvalue weighted by Gasteiger charge is 2.26. The number of nitrogen functional groups attached to an aromatic ring is 1. The number of amides is 1. The van der Waals surface area contributed by atoms with Gasteiger partial charge in [0.1, 0.15) is 0 Å². The van der Waals surface area contributed by atoms with Crippen LogP contribution < -0.4 is 16.4 Å². The molecule has 162 valence electrons. The first-order chi connectivity index (χ1) is 15.5. The summed E-state index contributed by atoms with van der Waals surface area (Å²) in [5, 5.41) is 7.09. The minimum atomic E-state index is -0.112. The van der Waals surface area contributed by atoms with Gasteiger partial charge in [-0.25, -0.2) is 0 Å². The summed E-state index contributed by atoms with van der Waals surface area (Å²) >= 11 is 6.12. The number of nitrogens with one attached hydrogen (secondary N) is 2. The van der Waals surface area contributed by atoms with Crippen LogP contribution in [0, 0.1) is 0 Å². The van der Waals surface area contributed by atoms with Crippen LogP contribution in [0.1, 0.15) is 29.2 Å². The van der Waals surface area contributed by atoms with E-state index in [1.54, 1.807) is 6.07 Å². The van der Waals surface area contributed by atoms with Crippen LogP contribution in [0.25, 0.3) is 5.57 Å². The van der Waals surface area contributed by atoms with E-state index in [1.807, 2.05) is 25.1 Å². The molecule has 0 atom stereocenters. The van der Waals surface area contributed by atoms with Gasteiger partial charge in [0.05, 0.1) is 5.57 Å². The largest absolute Gasteiger partial charge is 0.399 e. The van der Waals surface area contributed by atoms with Crippen molar-refractivity contribution < 1.29 is 4.79 Å². The van der Waals surface area contributed by atoms with Crippen LogP contribution in [0.4, 0.5) is 17.1 Å². The van der Waals surface area contributed by atoms with Crippen LogP contribution in [-0.4, -0.2) is 17.4 Å². The fourth-order valence-electron chi connectivity index (χ4n) is 4.50. The number of carbonyl (C=O) groups is 1. The maximum Gasteiger partial charge on any atom is 0.258 e. The van der Waals surface area contributed by atoms with E-state index >= 15 is 0 Å². The minimum Gasteiger partial charge on any atom is -0.399 e. The second kappa shape index (κ2) is 8.34. The minimum absolute atomic E-state index is 0.112. The summed E-state index contributed by atoms with van der Waals surface area (Å²) in [7, 11) is 0. The molecule has 0 aromatic heterocycles. The second-order valence-corrected chi connectivity index (χ2v) is 8.89. The first-order valence-electron chi connectivity index (χ1n) is 10.7. The normalized spacial score (nSPS) is 16.9. The fraction of sp³-hybridized carbons (Fsp3) is 0.192. The van der Waals surface area contributed by atoms with Crippen LogP contribution in [0.5, 0.6) is 0 Å². The quantitative estimate of drug-likeness (QED) is 0.378. The Morgan fingerprint density at radius 1 is 1.09 bits per heavy atom. The molecule has 0 radical (unpaired) electrons. The first kappa shape index (κ1) is 20.6. The van der Waals surface area contributed by atoms with Gasteiger partial charge in [-0.3, -0.25) is 9.69 Å². The Hall–Kier alpha value is -3.28. The van der Waals surface area contributed by atoms with E-state index < -0.39 is 0 Å². The van der Waals surface area contributed by atoms with E-state index in [0.717, 1.165) is 53.7 Å². The van der Waals surface area contributed by atoms with E-state index in [9.17, 15) is 4.79 Å². The molecule has 2 aliphatic heterocycles. The van der Waals surface area contributed by atoms with Crippen molar-refractivity contribution >= 4 is 40.1 Å². The summed E-state index contributed by atoms with van der Waals surface area (Å²) in [4.78, 5) is 14.9. The molecule has 5 nitrogen and oxygen atoms in total. The molecule has 3 aromatic carbocycles. The summed E-state index contributed by atoms with van der Waals surface area (Å²) in [6, 6.07) is 20.1. The predicted octanol–water partition coefficient (Wildman–Crippen LogP) is 5.28. The number of allylic oxidation sites excluding steroid dienone is 1. The number of halogens is 1. The molecule has 3 aromatic rings. The van der Waals surface area contributed by atoms with Gasteiger partial charge < -0.3 is 16.4 Å². The molecular weight excluding hydrogens is 420 g/mol. The molecule has 5 rings (SSSR count). The standard InChI is InChI=1S/C26H25ClN4O/c1-16(25-23-13-21(28)6-9-24(23)30-26(25)32)29-22-7-2-17(3-8-22)14-31-11-10-18-12-20(27)5-4-19(18)15-31/h2-9,12-13,29H,10-11,14-15,28H2,1H3,(H,30,32)/b25-16-. The lowest BCUT2D eigenvalue weighted by Gasteiger charge is -2.29. The number of anilines is 3. The topological polar surface area (TPSA) is 70.4 Å². The van der Waals surface area contributed by atoms with Crippen LogP contribution in [0.15, 0.2) is 66.4 Å². The van der Waals surface area contributed by atoms with Crippen molar-refractivity contribution in [3.63, 3.8) is 0 Å². The van der Waals surface area contributed by atoms with Gasteiger partial charge in [0.25, 0.3) is 5.91 Å². The van der Waals surface area contributed by atoms with Crippen molar-refractivity contribution in [2.24, 2.45) is 0 Å². The molecule has 4 N–H and O–H groups in total. The van der Waals surface area contributed by atoms with Crippen LogP contribution in [0.3, 0.4) is 0 Å². The SMILES string of the molecule is C/C(Nc1ccc(CN2CCc3cc(Cl)ccc3C2)cc1)=C1/C(=O)Nc2ccc(N)cc21. The van der Waals surface area contributed by atoms with Crippen molar-refractivity contribution in [2.45, 2.75) is 26.4 Å². The van der Waals surface area contributed by atoms with Crippen LogP contribution >= 0.6 is 11.6 Å². The van der Waals surface area contributed by atoms with E-state index in [2.05, 4.69) is 51.9 Å². The summed E-state index contributed by atoms with van der Waals surface area (Å²) in [6.07, 6.45) is 1.02. The van der Waals surface area contributed by atoms with Crippen molar-refractivity contribution in [2.75, 3.05) is 22.9 Å². The Balaban J connectivity index is 1.28. The maximum atomic E-state index is 12.5. The molecule has 2 aliphatic rings. The van der Waals surface area contributed by atoms with Crippen molar-refractivity contribution in [1.82, 2.24) is 4.90 Å². The second-order valence-electron chi connectivity index (χ2n) is 8.45. The molecule has 0 saturated carbocycles. The molecule has 1 amide bonds. The Morgan fingerprint density at radius 3 is 2.72 bits per heavy atom. The number of benzene rings is 3. The number of carbonyl (C=O) groups excluding carboxylic acids is 1. The molecule has 0 spiro atoms. The lowest BCUT2D eigenvalue weighted by molar-refractivity contribution is -0.110. The number of nitrogens with two attached hydrogens (primary N) is 1. The van der Waals surface area contributed by atoms with Crippen molar-refractivity contribution in [3.05, 3.63) is 93.6 Å². The van der Waals surface area contributed by atoms with Crippen molar-refractivity contribution in [1.29, 1.82) is 0 Å². The maximum absolute atomic E-state index is 12.5. The lowest BCUT2D eigenvalue weighted by Crippen LogP contribution is -2.30. The highest BCUT2D eigenvalue weighted by Crippen LogP contribution is 2.35. The smallest absolute Gasteiger partial charge is 0.258 e. The van der Waals surface area contributed by atoms with Crippen LogP contribution in [-0.2, 0) is 24.3 Å². The molecular formula is C26H25ClN4O. The third-order valence-corrected chi connectivity index (χ3v) is 6.35. The first-order valence-corrected chi connectivity index (χ1v) is 11.1. The molecule has 0 unspecified atom stereocenters. The van der Waals surface area contributed by atoms with Gasteiger partial charge in [-0.2, -0.15) is 0 Å². The number of hydrogen-bond donors (Lipinski definition) is 3. The third-order valence-electron chi connectivity index (χ3n) is 6.11. The average Bonchev–Trinajstić information content (AvgIpc) is 3.10. The van der Waals surface area contributed by atoms with Gasteiger partial charge >= 0.3 is 0 Å². The molecule has 2 heterocycles. The van der Waals surface area contributed by atoms with E-state index in [0.29, 0.717) is 11.3 Å². The molecule has 0 saturated heterocycles. The molecule has 0 bridgehead atoms. The van der Waals surface area contributed by atoms with Gasteiger partial charge in [-0.15, -0.1) is 0 Å². The van der Waals surface area contributed by atoms with Gasteiger partial charge in [0.2, 0.25) is 0 Å². The van der Waals surface area contributed by atoms with Gasteiger partial charge in [0, 0.05) is 53.0 Å². The molecule has 0 aliphatic carbocycles.